The summed E-state index contributed by atoms with van der Waals surface area (Å²) < 4.78 is 13.3. The summed E-state index contributed by atoms with van der Waals surface area (Å²) in [5.74, 6) is -1.07. The van der Waals surface area contributed by atoms with Crippen LogP contribution >= 0.6 is 0 Å². The minimum atomic E-state index is -0.975. The number of allylic oxidation sites excluding steroid dienone is 3. The molecule has 9 nitrogen and oxygen atoms in total. The number of carbonyl (C=O) groups excluding carboxylic acids is 3. The van der Waals surface area contributed by atoms with E-state index in [0.29, 0.717) is 0 Å². The molecule has 25 heavy (non-hydrogen) atoms. The van der Waals surface area contributed by atoms with Gasteiger partial charge in [0, 0.05) is 0 Å². The summed E-state index contributed by atoms with van der Waals surface area (Å²) in [7, 11) is 3.18. The van der Waals surface area contributed by atoms with Crippen LogP contribution in [0, 0.1) is 28.1 Å². The fraction of sp³-hybridized carbons (Fsp3) is 0.188. The summed E-state index contributed by atoms with van der Waals surface area (Å²) in [6.45, 7) is 0. The van der Waals surface area contributed by atoms with E-state index in [1.165, 1.54) is 0 Å². The molecule has 1 N–H and O–H groups in total. The van der Waals surface area contributed by atoms with Gasteiger partial charge in [-0.2, -0.15) is 10.5 Å². The van der Waals surface area contributed by atoms with Gasteiger partial charge in [0.1, 0.15) is 28.9 Å². The molecule has 0 radical (unpaired) electrons. The summed E-state index contributed by atoms with van der Waals surface area (Å²) in [6.07, 6.45) is 2.93. The van der Waals surface area contributed by atoms with E-state index in [4.69, 9.17) is 15.9 Å². The van der Waals surface area contributed by atoms with Crippen molar-refractivity contribution in [1.82, 2.24) is 0 Å². The van der Waals surface area contributed by atoms with Crippen molar-refractivity contribution < 1.29 is 28.6 Å². The first-order chi connectivity index (χ1) is 11.9. The van der Waals surface area contributed by atoms with Crippen LogP contribution in [-0.2, 0) is 28.6 Å². The zero-order valence-corrected chi connectivity index (χ0v) is 13.6. The molecular formula is C16H13N3O6. The Morgan fingerprint density at radius 3 is 1.48 bits per heavy atom. The third kappa shape index (κ3) is 6.37. The van der Waals surface area contributed by atoms with Gasteiger partial charge < -0.3 is 14.2 Å². The lowest BCUT2D eigenvalue weighted by Crippen LogP contribution is -2.07. The maximum atomic E-state index is 11.5. The Morgan fingerprint density at radius 1 is 0.800 bits per heavy atom. The van der Waals surface area contributed by atoms with Gasteiger partial charge in [-0.1, -0.05) is 0 Å². The smallest absolute Gasteiger partial charge is 0.348 e. The van der Waals surface area contributed by atoms with Crippen LogP contribution in [0.2, 0.25) is 0 Å². The van der Waals surface area contributed by atoms with E-state index in [1.54, 1.807) is 12.1 Å². The first kappa shape index (κ1) is 21.1. The van der Waals surface area contributed by atoms with Crippen LogP contribution in [0.15, 0.2) is 40.5 Å². The van der Waals surface area contributed by atoms with E-state index in [0.717, 1.165) is 39.6 Å². The highest BCUT2D eigenvalue weighted by atomic mass is 16.5. The van der Waals surface area contributed by atoms with Crippen LogP contribution in [0.25, 0.3) is 0 Å². The average Bonchev–Trinajstić information content (AvgIpc) is 2.65. The van der Waals surface area contributed by atoms with Gasteiger partial charge >= 0.3 is 17.9 Å². The highest BCUT2D eigenvalue weighted by Crippen LogP contribution is 2.13. The maximum Gasteiger partial charge on any atom is 0.348 e. The average molecular weight is 343 g/mol. The van der Waals surface area contributed by atoms with Crippen molar-refractivity contribution in [2.24, 2.45) is 0 Å². The molecule has 0 unspecified atom stereocenters. The first-order valence-corrected chi connectivity index (χ1v) is 6.38. The lowest BCUT2D eigenvalue weighted by Gasteiger charge is -2.02. The Bertz CT molecular complexity index is 753. The van der Waals surface area contributed by atoms with Crippen molar-refractivity contribution >= 4 is 23.8 Å². The molecule has 0 saturated carbocycles. The number of nitrogens with zero attached hydrogens (tertiary/aromatic N) is 2. The van der Waals surface area contributed by atoms with E-state index >= 15 is 0 Å². The normalized spacial score (nSPS) is 11.3. The molecule has 0 aliphatic carbocycles. The van der Waals surface area contributed by atoms with E-state index < -0.39 is 29.1 Å². The number of esters is 3. The third-order valence-electron chi connectivity index (χ3n) is 2.52. The Balaban J connectivity index is 6.45. The van der Waals surface area contributed by atoms with Gasteiger partial charge in [-0.15, -0.1) is 0 Å². The van der Waals surface area contributed by atoms with E-state index in [-0.39, 0.29) is 11.1 Å². The molecule has 0 aromatic carbocycles. The number of hydrogen-bond donors (Lipinski definition) is 1. The first-order valence-electron chi connectivity index (χ1n) is 6.38. The van der Waals surface area contributed by atoms with Crippen LogP contribution < -0.4 is 0 Å². The molecule has 0 heterocycles. The molecule has 0 fully saturated rings. The standard InChI is InChI=1S/C16H13N3O6/c1-23-14(20)11(7-17)4-10(5-12(8-18)15(21)24-2)6-13(9-19)16(22)25-3/h4-6,17H,1-3H3/b10-4?,12-5-,13-6+. The van der Waals surface area contributed by atoms with Crippen molar-refractivity contribution in [3.8, 4) is 12.1 Å². The molecule has 0 bridgehead atoms. The molecule has 0 amide bonds. The van der Waals surface area contributed by atoms with Crippen LogP contribution in [0.1, 0.15) is 0 Å². The SMILES string of the molecule is COC(=O)C(=C=N)C=C(/C=C(/C#N)C(=O)OC)/C=C(\C#N)C(=O)OC. The lowest BCUT2D eigenvalue weighted by atomic mass is 10.1. The number of nitriles is 2. The fourth-order valence-electron chi connectivity index (χ4n) is 1.37. The third-order valence-corrected chi connectivity index (χ3v) is 2.52. The van der Waals surface area contributed by atoms with Crippen molar-refractivity contribution in [3.05, 3.63) is 40.5 Å². The van der Waals surface area contributed by atoms with Crippen LogP contribution in [0.5, 0.6) is 0 Å². The molecule has 0 saturated heterocycles. The molecule has 9 heteroatoms. The number of nitrogens with one attached hydrogen (secondary N) is 1. The topological polar surface area (TPSA) is 150 Å². The van der Waals surface area contributed by atoms with Crippen LogP contribution in [0.4, 0.5) is 0 Å². The molecule has 0 aromatic heterocycles. The summed E-state index contributed by atoms with van der Waals surface area (Å²) in [5, 5.41) is 25.1. The molecule has 0 aromatic rings. The quantitative estimate of drug-likeness (QED) is 0.183. The summed E-state index contributed by atoms with van der Waals surface area (Å²) in [4.78, 5) is 34.5. The van der Waals surface area contributed by atoms with Gasteiger partial charge in [-0.05, 0) is 29.7 Å². The predicted octanol–water partition coefficient (Wildman–Crippen LogP) is 0.507. The van der Waals surface area contributed by atoms with E-state index in [2.05, 4.69) is 14.2 Å². The van der Waals surface area contributed by atoms with Gasteiger partial charge in [0.2, 0.25) is 0 Å². The zero-order valence-electron chi connectivity index (χ0n) is 13.6. The molecule has 128 valence electrons. The number of carbonyl (C=O) groups is 3. The summed E-state index contributed by atoms with van der Waals surface area (Å²) >= 11 is 0. The van der Waals surface area contributed by atoms with Gasteiger partial charge in [0.05, 0.1) is 21.3 Å². The fourth-order valence-corrected chi connectivity index (χ4v) is 1.37. The van der Waals surface area contributed by atoms with Gasteiger partial charge in [-0.3, -0.25) is 5.41 Å². The van der Waals surface area contributed by atoms with Gasteiger partial charge in [-0.25, -0.2) is 14.4 Å². The highest BCUT2D eigenvalue weighted by Gasteiger charge is 2.14. The predicted molar refractivity (Wildman–Crippen MR) is 82.8 cm³/mol. The highest BCUT2D eigenvalue weighted by molar-refractivity contribution is 6.01. The van der Waals surface area contributed by atoms with Crippen molar-refractivity contribution in [3.63, 3.8) is 0 Å². The minimum Gasteiger partial charge on any atom is -0.465 e. The van der Waals surface area contributed by atoms with Gasteiger partial charge in [0.15, 0.2) is 0 Å². The van der Waals surface area contributed by atoms with Crippen molar-refractivity contribution in [2.45, 2.75) is 0 Å². The second-order valence-electron chi connectivity index (χ2n) is 4.00. The number of ether oxygens (including phenoxy) is 3. The molecule has 0 aliphatic heterocycles. The van der Waals surface area contributed by atoms with Crippen LogP contribution in [0.3, 0.4) is 0 Å². The monoisotopic (exact) mass is 343 g/mol. The molecule has 0 aliphatic rings. The largest absolute Gasteiger partial charge is 0.465 e. The lowest BCUT2D eigenvalue weighted by molar-refractivity contribution is -0.136. The van der Waals surface area contributed by atoms with E-state index in [1.807, 2.05) is 5.87 Å². The Kier molecular flexibility index (Phi) is 9.04. The number of methoxy groups -OCH3 is 3. The number of rotatable bonds is 6. The Labute approximate surface area is 143 Å². The Morgan fingerprint density at radius 2 is 1.20 bits per heavy atom. The number of hydrogen-bond acceptors (Lipinski definition) is 9. The second-order valence-corrected chi connectivity index (χ2v) is 4.00. The Hall–Kier alpha value is -3.94. The molecule has 0 spiro atoms. The van der Waals surface area contributed by atoms with Crippen molar-refractivity contribution in [1.29, 1.82) is 15.9 Å². The summed E-state index contributed by atoms with van der Waals surface area (Å²) in [5.41, 5.74) is -1.43. The summed E-state index contributed by atoms with van der Waals surface area (Å²) in [6, 6.07) is 3.15. The van der Waals surface area contributed by atoms with E-state index in [9.17, 15) is 14.4 Å². The van der Waals surface area contributed by atoms with Crippen molar-refractivity contribution in [2.75, 3.05) is 21.3 Å². The zero-order chi connectivity index (χ0) is 19.4. The second kappa shape index (κ2) is 10.7. The maximum absolute atomic E-state index is 11.5. The molecule has 0 atom stereocenters. The molecule has 0 rings (SSSR count). The van der Waals surface area contributed by atoms with Gasteiger partial charge in [0.25, 0.3) is 0 Å². The molecular weight excluding hydrogens is 330 g/mol. The van der Waals surface area contributed by atoms with Crippen LogP contribution in [-0.4, -0.2) is 45.1 Å². The minimum absolute atomic E-state index is 0.107.